The van der Waals surface area contributed by atoms with E-state index in [4.69, 9.17) is 0 Å². The Labute approximate surface area is 76.9 Å². The number of benzene rings is 1. The van der Waals surface area contributed by atoms with Gasteiger partial charge in [0.1, 0.15) is 0 Å². The predicted molar refractivity (Wildman–Crippen MR) is 58.4 cm³/mol. The first-order valence-corrected chi connectivity index (χ1v) is 6.91. The zero-order valence-electron chi connectivity index (χ0n) is 5.64. The number of fused-ring (bicyclic) bond motifs is 1. The standard InChI is InChI=1S/C7H7NS3/c9-11(10)5-8-6-3-1-2-4-7(6)11/h1-5,9-10H. The Morgan fingerprint density at radius 3 is 2.64 bits per heavy atom. The van der Waals surface area contributed by atoms with Crippen molar-refractivity contribution in [2.75, 3.05) is 0 Å². The van der Waals surface area contributed by atoms with Crippen molar-refractivity contribution in [1.29, 1.82) is 0 Å². The van der Waals surface area contributed by atoms with E-state index in [1.807, 2.05) is 29.8 Å². The van der Waals surface area contributed by atoms with E-state index < -0.39 is 8.09 Å². The number of thiol groups is 2. The van der Waals surface area contributed by atoms with Crippen molar-refractivity contribution < 1.29 is 0 Å². The number of hydrogen-bond acceptors (Lipinski definition) is 3. The Bertz CT molecular complexity index is 319. The van der Waals surface area contributed by atoms with Crippen molar-refractivity contribution in [1.82, 2.24) is 0 Å². The van der Waals surface area contributed by atoms with Crippen molar-refractivity contribution in [3.05, 3.63) is 24.3 Å². The van der Waals surface area contributed by atoms with Crippen molar-refractivity contribution in [3.8, 4) is 0 Å². The van der Waals surface area contributed by atoms with Crippen LogP contribution in [0.3, 0.4) is 0 Å². The average Bonchev–Trinajstić information content (AvgIpc) is 2.29. The van der Waals surface area contributed by atoms with Crippen molar-refractivity contribution in [2.45, 2.75) is 4.90 Å². The fraction of sp³-hybridized carbons (Fsp3) is 0. The van der Waals surface area contributed by atoms with E-state index in [1.54, 1.807) is 0 Å². The molecule has 1 aromatic rings. The maximum Gasteiger partial charge on any atom is 0.0775 e. The maximum absolute atomic E-state index is 4.43. The molecule has 1 heterocycles. The van der Waals surface area contributed by atoms with Crippen LogP contribution in [0.1, 0.15) is 0 Å². The summed E-state index contributed by atoms with van der Waals surface area (Å²) in [6.45, 7) is 0. The molecule has 0 fully saturated rings. The molecule has 0 amide bonds. The van der Waals surface area contributed by atoms with Gasteiger partial charge in [-0.05, 0) is 12.1 Å². The highest BCUT2D eigenvalue weighted by Crippen LogP contribution is 2.67. The fourth-order valence-corrected chi connectivity index (χ4v) is 3.30. The van der Waals surface area contributed by atoms with E-state index in [1.165, 1.54) is 0 Å². The molecule has 1 aromatic carbocycles. The molecule has 0 unspecified atom stereocenters. The lowest BCUT2D eigenvalue weighted by Crippen LogP contribution is -1.77. The Balaban J connectivity index is 2.64. The minimum absolute atomic E-state index is 1.01. The summed E-state index contributed by atoms with van der Waals surface area (Å²) in [5.74, 6) is 0. The molecule has 0 N–H and O–H groups in total. The van der Waals surface area contributed by atoms with E-state index in [-0.39, 0.29) is 0 Å². The molecule has 58 valence electrons. The highest BCUT2D eigenvalue weighted by molar-refractivity contribution is 9.22. The van der Waals surface area contributed by atoms with Crippen molar-refractivity contribution in [3.63, 3.8) is 0 Å². The normalized spacial score (nSPS) is 21.3. The highest BCUT2D eigenvalue weighted by Gasteiger charge is 2.22. The monoisotopic (exact) mass is 201 g/mol. The summed E-state index contributed by atoms with van der Waals surface area (Å²) < 4.78 is 0. The molecular formula is C7H7NS3. The first-order valence-electron chi connectivity index (χ1n) is 3.11. The Hall–Kier alpha value is -0.0600. The van der Waals surface area contributed by atoms with Gasteiger partial charge in [0.15, 0.2) is 0 Å². The van der Waals surface area contributed by atoms with Crippen LogP contribution < -0.4 is 0 Å². The van der Waals surface area contributed by atoms with Gasteiger partial charge in [0, 0.05) is 4.90 Å². The van der Waals surface area contributed by atoms with Crippen LogP contribution in [0.4, 0.5) is 5.69 Å². The van der Waals surface area contributed by atoms with E-state index in [0.29, 0.717) is 0 Å². The first kappa shape index (κ1) is 7.58. The molecule has 0 bridgehead atoms. The average molecular weight is 201 g/mol. The minimum Gasteiger partial charge on any atom is -0.249 e. The first-order chi connectivity index (χ1) is 5.20. The summed E-state index contributed by atoms with van der Waals surface area (Å²) >= 11 is 8.85. The molecule has 0 aliphatic carbocycles. The molecule has 2 rings (SSSR count). The highest BCUT2D eigenvalue weighted by atomic mass is 33.5. The summed E-state index contributed by atoms with van der Waals surface area (Å²) in [5, 5.41) is 0. The third-order valence-corrected chi connectivity index (χ3v) is 4.67. The van der Waals surface area contributed by atoms with E-state index in [2.05, 4.69) is 28.3 Å². The van der Waals surface area contributed by atoms with Crippen LogP contribution in [-0.4, -0.2) is 5.55 Å². The van der Waals surface area contributed by atoms with Crippen molar-refractivity contribution in [2.24, 2.45) is 4.99 Å². The van der Waals surface area contributed by atoms with Crippen LogP contribution in [0.25, 0.3) is 0 Å². The van der Waals surface area contributed by atoms with Gasteiger partial charge in [-0.1, -0.05) is 20.2 Å². The number of para-hydroxylation sites is 1. The molecule has 0 aromatic heterocycles. The Morgan fingerprint density at radius 1 is 1.18 bits per heavy atom. The van der Waals surface area contributed by atoms with Gasteiger partial charge < -0.3 is 0 Å². The second-order valence-electron chi connectivity index (χ2n) is 2.30. The van der Waals surface area contributed by atoms with Crippen LogP contribution in [0.15, 0.2) is 34.2 Å². The topological polar surface area (TPSA) is 12.4 Å². The minimum atomic E-state index is -1.31. The molecule has 1 nitrogen and oxygen atoms in total. The van der Waals surface area contributed by atoms with Gasteiger partial charge in [-0.3, -0.25) is 0 Å². The lowest BCUT2D eigenvalue weighted by Gasteiger charge is -2.18. The number of nitrogens with zero attached hydrogens (tertiary/aromatic N) is 1. The Kier molecular flexibility index (Phi) is 1.70. The van der Waals surface area contributed by atoms with Gasteiger partial charge in [0.25, 0.3) is 0 Å². The molecule has 0 saturated heterocycles. The smallest absolute Gasteiger partial charge is 0.0775 e. The van der Waals surface area contributed by atoms with Crippen LogP contribution >= 0.6 is 31.4 Å². The summed E-state index contributed by atoms with van der Waals surface area (Å²) in [4.78, 5) is 5.36. The molecule has 4 heteroatoms. The lowest BCUT2D eigenvalue weighted by atomic mass is 10.3. The predicted octanol–water partition coefficient (Wildman–Crippen LogP) is 3.21. The van der Waals surface area contributed by atoms with Gasteiger partial charge in [-0.25, -0.2) is 4.99 Å². The maximum atomic E-state index is 4.43. The van der Waals surface area contributed by atoms with Gasteiger partial charge >= 0.3 is 0 Å². The van der Waals surface area contributed by atoms with Gasteiger partial charge in [0.2, 0.25) is 0 Å². The molecule has 0 atom stereocenters. The Morgan fingerprint density at radius 2 is 1.91 bits per heavy atom. The van der Waals surface area contributed by atoms with Crippen molar-refractivity contribution >= 4 is 42.6 Å². The SMILES string of the molecule is SS1(S)C=Nc2ccccc21. The van der Waals surface area contributed by atoms with Crippen LogP contribution in [0.5, 0.6) is 0 Å². The molecule has 1 aliphatic rings. The summed E-state index contributed by atoms with van der Waals surface area (Å²) in [5.41, 5.74) is 2.83. The lowest BCUT2D eigenvalue weighted by molar-refractivity contribution is 1.41. The van der Waals surface area contributed by atoms with Crippen LogP contribution in [-0.2, 0) is 0 Å². The number of rotatable bonds is 0. The molecule has 0 spiro atoms. The summed E-state index contributed by atoms with van der Waals surface area (Å²) in [7, 11) is -1.31. The molecular weight excluding hydrogens is 194 g/mol. The quantitative estimate of drug-likeness (QED) is 0.472. The van der Waals surface area contributed by atoms with Gasteiger partial charge in [-0.2, -0.15) is 0 Å². The largest absolute Gasteiger partial charge is 0.249 e. The zero-order chi connectivity index (χ0) is 7.90. The fourth-order valence-electron chi connectivity index (χ4n) is 1.00. The third-order valence-electron chi connectivity index (χ3n) is 1.53. The van der Waals surface area contributed by atoms with Gasteiger partial charge in [0.05, 0.1) is 11.2 Å². The van der Waals surface area contributed by atoms with E-state index >= 15 is 0 Å². The second kappa shape index (κ2) is 2.47. The zero-order valence-corrected chi connectivity index (χ0v) is 8.24. The van der Waals surface area contributed by atoms with Gasteiger partial charge in [-0.15, -0.1) is 23.3 Å². The number of aliphatic imine (C=N–C) groups is 1. The summed E-state index contributed by atoms with van der Waals surface area (Å²) in [6.07, 6.45) is 0. The van der Waals surface area contributed by atoms with Crippen LogP contribution in [0.2, 0.25) is 0 Å². The second-order valence-corrected chi connectivity index (χ2v) is 8.45. The number of hydrogen-bond donors (Lipinski definition) is 2. The molecule has 0 radical (unpaired) electrons. The molecule has 11 heavy (non-hydrogen) atoms. The summed E-state index contributed by atoms with van der Waals surface area (Å²) in [6, 6.07) is 7.96. The third kappa shape index (κ3) is 1.19. The van der Waals surface area contributed by atoms with E-state index in [9.17, 15) is 0 Å². The van der Waals surface area contributed by atoms with E-state index in [0.717, 1.165) is 10.6 Å². The van der Waals surface area contributed by atoms with Crippen LogP contribution in [0, 0.1) is 0 Å². The molecule has 0 saturated carbocycles. The molecule has 1 aliphatic heterocycles.